The molecule has 0 spiro atoms. The molecule has 7 heteroatoms. The summed E-state index contributed by atoms with van der Waals surface area (Å²) < 4.78 is 28.2. The van der Waals surface area contributed by atoms with Gasteiger partial charge in [0.1, 0.15) is 0 Å². The molecule has 1 aromatic heterocycles. The summed E-state index contributed by atoms with van der Waals surface area (Å²) in [6, 6.07) is 11.2. The normalized spacial score (nSPS) is 19.4. The van der Waals surface area contributed by atoms with Crippen molar-refractivity contribution in [3.63, 3.8) is 0 Å². The number of fused-ring (bicyclic) bond motifs is 2. The number of aliphatic hydroxyl groups is 1. The second-order valence-electron chi connectivity index (χ2n) is 8.94. The number of rotatable bonds is 4. The predicted octanol–water partition coefficient (Wildman–Crippen LogP) is 4.63. The molecule has 2 aromatic carbocycles. The molecule has 0 amide bonds. The van der Waals surface area contributed by atoms with E-state index in [0.717, 1.165) is 59.3 Å². The number of alkyl halides is 2. The van der Waals surface area contributed by atoms with Crippen molar-refractivity contribution in [2.75, 3.05) is 23.3 Å². The van der Waals surface area contributed by atoms with Crippen molar-refractivity contribution in [3.05, 3.63) is 59.3 Å². The first-order valence-electron chi connectivity index (χ1n) is 10.8. The number of hydrogen-bond donors (Lipinski definition) is 2. The zero-order valence-electron chi connectivity index (χ0n) is 17.5. The number of hydrogen-bond acceptors (Lipinski definition) is 5. The molecule has 2 heterocycles. The molecule has 2 N–H and O–H groups in total. The third-order valence-corrected chi connectivity index (χ3v) is 6.65. The van der Waals surface area contributed by atoms with Crippen molar-refractivity contribution in [2.45, 2.75) is 50.7 Å². The van der Waals surface area contributed by atoms with Crippen LogP contribution in [0, 0.1) is 0 Å². The van der Waals surface area contributed by atoms with Crippen LogP contribution in [0.25, 0.3) is 10.9 Å². The highest BCUT2D eigenvalue weighted by Crippen LogP contribution is 2.43. The number of nitrogens with one attached hydrogen (secondary N) is 1. The predicted molar refractivity (Wildman–Crippen MR) is 118 cm³/mol. The molecule has 1 aliphatic carbocycles. The van der Waals surface area contributed by atoms with Gasteiger partial charge in [-0.2, -0.15) is 10.2 Å². The van der Waals surface area contributed by atoms with Crippen LogP contribution in [0.4, 0.5) is 20.2 Å². The number of anilines is 2. The summed E-state index contributed by atoms with van der Waals surface area (Å²) in [7, 11) is 0. The van der Waals surface area contributed by atoms with Crippen molar-refractivity contribution < 1.29 is 13.9 Å². The molecule has 31 heavy (non-hydrogen) atoms. The van der Waals surface area contributed by atoms with Gasteiger partial charge in [0.15, 0.2) is 0 Å². The van der Waals surface area contributed by atoms with Gasteiger partial charge in [-0.3, -0.25) is 0 Å². The Balaban J connectivity index is 1.40. The Bertz CT molecular complexity index is 1120. The van der Waals surface area contributed by atoms with E-state index in [4.69, 9.17) is 0 Å². The fraction of sp³-hybridized carbons (Fsp3) is 0.417. The number of nitrogens with zero attached hydrogens (tertiary/aromatic N) is 3. The van der Waals surface area contributed by atoms with E-state index in [-0.39, 0.29) is 12.0 Å². The molecule has 0 saturated carbocycles. The van der Waals surface area contributed by atoms with Gasteiger partial charge in [-0.1, -0.05) is 18.2 Å². The van der Waals surface area contributed by atoms with Crippen LogP contribution in [0.2, 0.25) is 0 Å². The highest BCUT2D eigenvalue weighted by molar-refractivity contribution is 5.92. The molecule has 0 unspecified atom stereocenters. The lowest BCUT2D eigenvalue weighted by molar-refractivity contribution is -0.00185. The van der Waals surface area contributed by atoms with Crippen molar-refractivity contribution in [1.29, 1.82) is 0 Å². The van der Waals surface area contributed by atoms with E-state index in [1.807, 2.05) is 25.1 Å². The van der Waals surface area contributed by atoms with Gasteiger partial charge in [0.05, 0.1) is 23.0 Å². The Morgan fingerprint density at radius 2 is 1.94 bits per heavy atom. The summed E-state index contributed by atoms with van der Waals surface area (Å²) >= 11 is 0. The third-order valence-electron chi connectivity index (χ3n) is 6.65. The number of piperidine rings is 1. The maximum absolute atomic E-state index is 14.1. The second-order valence-corrected chi connectivity index (χ2v) is 8.94. The summed E-state index contributed by atoms with van der Waals surface area (Å²) in [4.78, 5) is 2.27. The van der Waals surface area contributed by atoms with Gasteiger partial charge in [0, 0.05) is 42.7 Å². The molecule has 5 nitrogen and oxygen atoms in total. The monoisotopic (exact) mass is 424 g/mol. The van der Waals surface area contributed by atoms with Crippen LogP contribution in [0.1, 0.15) is 42.9 Å². The highest BCUT2D eigenvalue weighted by Gasteiger charge is 2.39. The zero-order chi connectivity index (χ0) is 21.6. The van der Waals surface area contributed by atoms with Gasteiger partial charge in [-0.15, -0.1) is 0 Å². The minimum absolute atomic E-state index is 0.120. The van der Waals surface area contributed by atoms with Crippen molar-refractivity contribution in [1.82, 2.24) is 10.2 Å². The quantitative estimate of drug-likeness (QED) is 0.639. The third kappa shape index (κ3) is 3.83. The SMILES string of the molecule is CC1(O)CCN(c2ccc3nncc(NCc4cccc5c4CCC5(F)F)c3c2)CC1. The van der Waals surface area contributed by atoms with Gasteiger partial charge in [-0.05, 0) is 55.5 Å². The molecule has 0 radical (unpaired) electrons. The minimum Gasteiger partial charge on any atom is -0.390 e. The van der Waals surface area contributed by atoms with Crippen molar-refractivity contribution in [2.24, 2.45) is 0 Å². The van der Waals surface area contributed by atoms with Gasteiger partial charge in [0.2, 0.25) is 0 Å². The lowest BCUT2D eigenvalue weighted by Gasteiger charge is -2.37. The summed E-state index contributed by atoms with van der Waals surface area (Å²) in [5.41, 5.74) is 3.91. The fourth-order valence-electron chi connectivity index (χ4n) is 4.67. The van der Waals surface area contributed by atoms with Gasteiger partial charge < -0.3 is 15.3 Å². The molecule has 5 rings (SSSR count). The van der Waals surface area contributed by atoms with Crippen molar-refractivity contribution in [3.8, 4) is 0 Å². The Morgan fingerprint density at radius 3 is 2.74 bits per heavy atom. The van der Waals surface area contributed by atoms with Crippen LogP contribution in [0.5, 0.6) is 0 Å². The first-order valence-corrected chi connectivity index (χ1v) is 10.8. The van der Waals surface area contributed by atoms with Crippen LogP contribution in [-0.4, -0.2) is 34.0 Å². The van der Waals surface area contributed by atoms with E-state index in [0.29, 0.717) is 13.0 Å². The molecule has 1 fully saturated rings. The van der Waals surface area contributed by atoms with Gasteiger partial charge in [-0.25, -0.2) is 8.78 Å². The summed E-state index contributed by atoms with van der Waals surface area (Å²) in [5.74, 6) is -2.73. The summed E-state index contributed by atoms with van der Waals surface area (Å²) in [5, 5.41) is 22.9. The number of halogens is 2. The van der Waals surface area contributed by atoms with Crippen LogP contribution < -0.4 is 10.2 Å². The lowest BCUT2D eigenvalue weighted by Crippen LogP contribution is -2.42. The number of benzene rings is 2. The highest BCUT2D eigenvalue weighted by atomic mass is 19.3. The van der Waals surface area contributed by atoms with Crippen LogP contribution in [0.3, 0.4) is 0 Å². The average Bonchev–Trinajstić information content (AvgIpc) is 3.07. The summed E-state index contributed by atoms with van der Waals surface area (Å²) in [6.07, 6.45) is 3.43. The Kier molecular flexibility index (Phi) is 4.81. The van der Waals surface area contributed by atoms with E-state index in [9.17, 15) is 13.9 Å². The molecule has 0 bridgehead atoms. The van der Waals surface area contributed by atoms with E-state index in [1.165, 1.54) is 6.07 Å². The first-order chi connectivity index (χ1) is 14.8. The Labute approximate surface area is 180 Å². The molecule has 0 atom stereocenters. The smallest absolute Gasteiger partial charge is 0.273 e. The molecular formula is C24H26F2N4O. The van der Waals surface area contributed by atoms with Crippen LogP contribution in [-0.2, 0) is 18.9 Å². The molecule has 2 aliphatic rings. The molecule has 1 aliphatic heterocycles. The Hall–Kier alpha value is -2.80. The second kappa shape index (κ2) is 7.41. The maximum atomic E-state index is 14.1. The molecule has 3 aromatic rings. The van der Waals surface area contributed by atoms with Crippen LogP contribution in [0.15, 0.2) is 42.6 Å². The topological polar surface area (TPSA) is 61.3 Å². The van der Waals surface area contributed by atoms with E-state index in [2.05, 4.69) is 26.5 Å². The average molecular weight is 424 g/mol. The van der Waals surface area contributed by atoms with Crippen LogP contribution >= 0.6 is 0 Å². The number of aromatic nitrogens is 2. The molecule has 162 valence electrons. The van der Waals surface area contributed by atoms with E-state index >= 15 is 0 Å². The van der Waals surface area contributed by atoms with Gasteiger partial charge >= 0.3 is 0 Å². The molecular weight excluding hydrogens is 398 g/mol. The zero-order valence-corrected chi connectivity index (χ0v) is 17.5. The fourth-order valence-corrected chi connectivity index (χ4v) is 4.67. The van der Waals surface area contributed by atoms with E-state index < -0.39 is 11.5 Å². The lowest BCUT2D eigenvalue weighted by atomic mass is 9.93. The summed E-state index contributed by atoms with van der Waals surface area (Å²) in [6.45, 7) is 3.93. The van der Waals surface area contributed by atoms with E-state index in [1.54, 1.807) is 12.3 Å². The minimum atomic E-state index is -2.73. The largest absolute Gasteiger partial charge is 0.390 e. The Morgan fingerprint density at radius 1 is 1.13 bits per heavy atom. The van der Waals surface area contributed by atoms with Crippen molar-refractivity contribution >= 4 is 22.3 Å². The maximum Gasteiger partial charge on any atom is 0.273 e. The standard InChI is InChI=1S/C24H26F2N4O/c1-23(31)9-11-30(12-10-23)17-5-6-21-19(13-17)22(15-28-29-21)27-14-16-3-2-4-20-18(16)7-8-24(20,25)26/h2-6,13,15,31H,7-12,14H2,1H3,(H,27,29). The van der Waals surface area contributed by atoms with Gasteiger partial charge in [0.25, 0.3) is 5.92 Å². The first kappa shape index (κ1) is 20.1. The molecule has 1 saturated heterocycles.